The molecule has 1 amide bonds. The highest BCUT2D eigenvalue weighted by molar-refractivity contribution is 5.97. The van der Waals surface area contributed by atoms with Gasteiger partial charge in [0, 0.05) is 17.3 Å². The number of rotatable bonds is 6. The topological polar surface area (TPSA) is 75.4 Å². The summed E-state index contributed by atoms with van der Waals surface area (Å²) in [7, 11) is 0. The Morgan fingerprint density at radius 3 is 2.40 bits per heavy atom. The van der Waals surface area contributed by atoms with Gasteiger partial charge >= 0.3 is 5.97 Å². The lowest BCUT2D eigenvalue weighted by Gasteiger charge is -2.26. The van der Waals surface area contributed by atoms with Gasteiger partial charge in [0.05, 0.1) is 12.2 Å². The third kappa shape index (κ3) is 3.73. The summed E-state index contributed by atoms with van der Waals surface area (Å²) in [6.07, 6.45) is 1.75. The smallest absolute Gasteiger partial charge is 0.326 e. The molecule has 6 nitrogen and oxygen atoms in total. The highest BCUT2D eigenvalue weighted by atomic mass is 16.4. The molecule has 1 atom stereocenters. The average molecular weight is 341 g/mol. The molecular weight excluding hydrogens is 318 g/mol. The van der Waals surface area contributed by atoms with E-state index in [2.05, 4.69) is 5.10 Å². The van der Waals surface area contributed by atoms with Crippen molar-refractivity contribution in [3.63, 3.8) is 0 Å². The van der Waals surface area contributed by atoms with Gasteiger partial charge in [-0.3, -0.25) is 9.48 Å². The summed E-state index contributed by atoms with van der Waals surface area (Å²) in [6.45, 7) is 6.18. The van der Waals surface area contributed by atoms with Crippen LogP contribution in [-0.4, -0.2) is 43.7 Å². The van der Waals surface area contributed by atoms with Gasteiger partial charge in [-0.15, -0.1) is 0 Å². The molecule has 1 saturated carbocycles. The maximum atomic E-state index is 12.7. The predicted molar refractivity (Wildman–Crippen MR) is 93.5 cm³/mol. The van der Waals surface area contributed by atoms with Crippen LogP contribution >= 0.6 is 0 Å². The number of amides is 1. The second-order valence-electron chi connectivity index (χ2n) is 6.74. The lowest BCUT2D eigenvalue weighted by molar-refractivity contribution is -0.141. The van der Waals surface area contributed by atoms with Crippen LogP contribution in [-0.2, 0) is 11.3 Å². The highest BCUT2D eigenvalue weighted by Crippen LogP contribution is 2.30. The summed E-state index contributed by atoms with van der Waals surface area (Å²) in [5.41, 5.74) is 3.64. The number of aromatic nitrogens is 2. The van der Waals surface area contributed by atoms with Crippen LogP contribution < -0.4 is 0 Å². The fourth-order valence-electron chi connectivity index (χ4n) is 3.04. The predicted octanol–water partition coefficient (Wildman–Crippen LogP) is 2.63. The van der Waals surface area contributed by atoms with E-state index in [9.17, 15) is 14.7 Å². The van der Waals surface area contributed by atoms with Crippen LogP contribution in [0.15, 0.2) is 30.3 Å². The van der Waals surface area contributed by atoms with Gasteiger partial charge in [-0.1, -0.05) is 12.1 Å². The van der Waals surface area contributed by atoms with E-state index in [1.807, 2.05) is 36.7 Å². The Balaban J connectivity index is 1.75. The first-order valence-electron chi connectivity index (χ1n) is 8.52. The first kappa shape index (κ1) is 17.2. The molecule has 0 aliphatic heterocycles. The van der Waals surface area contributed by atoms with Crippen molar-refractivity contribution < 1.29 is 14.7 Å². The van der Waals surface area contributed by atoms with E-state index in [4.69, 9.17) is 0 Å². The second-order valence-corrected chi connectivity index (χ2v) is 6.74. The number of carboxylic acid groups (broad SMARTS) is 1. The molecule has 1 aliphatic carbocycles. The molecule has 132 valence electrons. The van der Waals surface area contributed by atoms with Crippen LogP contribution in [0, 0.1) is 13.8 Å². The third-order valence-electron chi connectivity index (χ3n) is 4.59. The molecule has 1 unspecified atom stereocenters. The van der Waals surface area contributed by atoms with Crippen molar-refractivity contribution in [3.8, 4) is 0 Å². The van der Waals surface area contributed by atoms with E-state index in [0.717, 1.165) is 29.8 Å². The van der Waals surface area contributed by atoms with Crippen molar-refractivity contribution in [1.82, 2.24) is 14.7 Å². The molecule has 0 saturated heterocycles. The normalized spacial score (nSPS) is 15.0. The first-order chi connectivity index (χ1) is 11.9. The molecule has 1 aliphatic rings. The minimum Gasteiger partial charge on any atom is -0.480 e. The zero-order chi connectivity index (χ0) is 18.1. The van der Waals surface area contributed by atoms with E-state index in [0.29, 0.717) is 12.1 Å². The van der Waals surface area contributed by atoms with Crippen LogP contribution in [0.25, 0.3) is 0 Å². The Bertz CT molecular complexity index is 791. The Labute approximate surface area is 147 Å². The summed E-state index contributed by atoms with van der Waals surface area (Å²) >= 11 is 0. The fraction of sp³-hybridized carbons (Fsp3) is 0.421. The maximum absolute atomic E-state index is 12.7. The summed E-state index contributed by atoms with van der Waals surface area (Å²) in [5, 5.41) is 13.7. The number of hydrogen-bond donors (Lipinski definition) is 1. The summed E-state index contributed by atoms with van der Waals surface area (Å²) < 4.78 is 1.93. The van der Waals surface area contributed by atoms with E-state index in [1.54, 1.807) is 19.1 Å². The van der Waals surface area contributed by atoms with Crippen molar-refractivity contribution in [1.29, 1.82) is 0 Å². The van der Waals surface area contributed by atoms with Crippen molar-refractivity contribution in [3.05, 3.63) is 52.8 Å². The Kier molecular flexibility index (Phi) is 4.61. The standard InChI is InChI=1S/C19H23N3O3/c1-12-10-13(2)21(20-12)11-15-4-6-16(7-5-15)18(23)22(17-8-9-17)14(3)19(24)25/h4-7,10,14,17H,8-9,11H2,1-3H3,(H,24,25). The number of aryl methyl sites for hydroxylation is 2. The van der Waals surface area contributed by atoms with E-state index in [1.165, 1.54) is 4.90 Å². The molecule has 0 radical (unpaired) electrons. The van der Waals surface area contributed by atoms with E-state index in [-0.39, 0.29) is 11.9 Å². The monoisotopic (exact) mass is 341 g/mol. The fourth-order valence-corrected chi connectivity index (χ4v) is 3.04. The SMILES string of the molecule is Cc1cc(C)n(Cc2ccc(C(=O)N(C3CC3)C(C)C(=O)O)cc2)n1. The number of carbonyl (C=O) groups is 2. The van der Waals surface area contributed by atoms with Gasteiger partial charge in [0.15, 0.2) is 0 Å². The van der Waals surface area contributed by atoms with Crippen LogP contribution in [0.3, 0.4) is 0 Å². The molecule has 1 N–H and O–H groups in total. The van der Waals surface area contributed by atoms with Gasteiger partial charge in [0.25, 0.3) is 5.91 Å². The van der Waals surface area contributed by atoms with Gasteiger partial charge in [0.1, 0.15) is 6.04 Å². The largest absolute Gasteiger partial charge is 0.480 e. The molecule has 2 aromatic rings. The number of hydrogen-bond acceptors (Lipinski definition) is 3. The third-order valence-corrected chi connectivity index (χ3v) is 4.59. The Morgan fingerprint density at radius 1 is 1.28 bits per heavy atom. The van der Waals surface area contributed by atoms with Crippen molar-refractivity contribution in [2.75, 3.05) is 0 Å². The molecule has 0 spiro atoms. The molecule has 3 rings (SSSR count). The lowest BCUT2D eigenvalue weighted by Crippen LogP contribution is -2.44. The molecule has 1 fully saturated rings. The van der Waals surface area contributed by atoms with Crippen LogP contribution in [0.2, 0.25) is 0 Å². The summed E-state index contributed by atoms with van der Waals surface area (Å²) in [4.78, 5) is 25.5. The van der Waals surface area contributed by atoms with E-state index >= 15 is 0 Å². The van der Waals surface area contributed by atoms with Crippen molar-refractivity contribution >= 4 is 11.9 Å². The number of carboxylic acids is 1. The van der Waals surface area contributed by atoms with Crippen LogP contribution in [0.5, 0.6) is 0 Å². The summed E-state index contributed by atoms with van der Waals surface area (Å²) in [5.74, 6) is -1.18. The minimum atomic E-state index is -0.971. The van der Waals surface area contributed by atoms with E-state index < -0.39 is 12.0 Å². The van der Waals surface area contributed by atoms with Gasteiger partial charge in [-0.2, -0.15) is 5.10 Å². The molecular formula is C19H23N3O3. The van der Waals surface area contributed by atoms with Crippen molar-refractivity contribution in [2.24, 2.45) is 0 Å². The molecule has 25 heavy (non-hydrogen) atoms. The zero-order valence-electron chi connectivity index (χ0n) is 14.8. The average Bonchev–Trinajstić information content (AvgIpc) is 3.34. The molecule has 1 aromatic heterocycles. The minimum absolute atomic E-state index is 0.0491. The van der Waals surface area contributed by atoms with Crippen molar-refractivity contribution in [2.45, 2.75) is 52.2 Å². The lowest BCUT2D eigenvalue weighted by atomic mass is 10.1. The summed E-state index contributed by atoms with van der Waals surface area (Å²) in [6, 6.07) is 8.61. The number of aliphatic carboxylic acids is 1. The Morgan fingerprint density at radius 2 is 1.92 bits per heavy atom. The van der Waals surface area contributed by atoms with Crippen LogP contribution in [0.1, 0.15) is 47.1 Å². The number of nitrogens with zero attached hydrogens (tertiary/aromatic N) is 3. The quantitative estimate of drug-likeness (QED) is 0.876. The number of benzene rings is 1. The van der Waals surface area contributed by atoms with Gasteiger partial charge < -0.3 is 10.0 Å². The highest BCUT2D eigenvalue weighted by Gasteiger charge is 2.38. The second kappa shape index (κ2) is 6.70. The molecule has 1 heterocycles. The zero-order valence-corrected chi connectivity index (χ0v) is 14.8. The van der Waals surface area contributed by atoms with Gasteiger partial charge in [-0.05, 0) is 57.4 Å². The Hall–Kier alpha value is -2.63. The molecule has 1 aromatic carbocycles. The molecule has 6 heteroatoms. The first-order valence-corrected chi connectivity index (χ1v) is 8.52. The maximum Gasteiger partial charge on any atom is 0.326 e. The van der Waals surface area contributed by atoms with Gasteiger partial charge in [0.2, 0.25) is 0 Å². The number of carbonyl (C=O) groups excluding carboxylic acids is 1. The van der Waals surface area contributed by atoms with Gasteiger partial charge in [-0.25, -0.2) is 4.79 Å². The van der Waals surface area contributed by atoms with Crippen LogP contribution in [0.4, 0.5) is 0 Å². The molecule has 0 bridgehead atoms.